The number of aromatic nitrogens is 1. The predicted molar refractivity (Wildman–Crippen MR) is 76.7 cm³/mol. The van der Waals surface area contributed by atoms with Gasteiger partial charge in [0.2, 0.25) is 0 Å². The zero-order valence-corrected chi connectivity index (χ0v) is 12.8. The van der Waals surface area contributed by atoms with Crippen molar-refractivity contribution in [2.45, 2.75) is 19.6 Å². The summed E-state index contributed by atoms with van der Waals surface area (Å²) in [5, 5.41) is 27.8. The summed E-state index contributed by atoms with van der Waals surface area (Å²) >= 11 is 0. The van der Waals surface area contributed by atoms with Gasteiger partial charge in [-0.15, -0.1) is 0 Å². The third-order valence-corrected chi connectivity index (χ3v) is 3.18. The van der Waals surface area contributed by atoms with Gasteiger partial charge in [0.1, 0.15) is 11.6 Å². The van der Waals surface area contributed by atoms with Crippen molar-refractivity contribution in [3.63, 3.8) is 0 Å². The first kappa shape index (κ1) is 19.0. The molecule has 0 aliphatic rings. The summed E-state index contributed by atoms with van der Waals surface area (Å²) in [5.74, 6) is -2.33. The maximum Gasteiger partial charge on any atom is 0.469 e. The van der Waals surface area contributed by atoms with E-state index in [0.29, 0.717) is 0 Å². The number of rotatable bonds is 7. The van der Waals surface area contributed by atoms with E-state index in [2.05, 4.69) is 14.5 Å². The highest BCUT2D eigenvalue weighted by Gasteiger charge is 2.22. The van der Waals surface area contributed by atoms with Crippen LogP contribution < -0.4 is 5.73 Å². The van der Waals surface area contributed by atoms with Gasteiger partial charge in [-0.2, -0.15) is 0 Å². The Bertz CT molecular complexity index is 671. The summed E-state index contributed by atoms with van der Waals surface area (Å²) in [6.45, 7) is -0.0385. The van der Waals surface area contributed by atoms with Crippen LogP contribution in [0.25, 0.3) is 0 Å². The van der Waals surface area contributed by atoms with Gasteiger partial charge < -0.3 is 30.8 Å². The van der Waals surface area contributed by atoms with E-state index in [1.54, 1.807) is 0 Å². The highest BCUT2D eigenvalue weighted by molar-refractivity contribution is 7.46. The molecule has 23 heavy (non-hydrogen) atoms. The lowest BCUT2D eigenvalue weighted by Crippen LogP contribution is -2.27. The first-order valence-corrected chi connectivity index (χ1v) is 7.64. The molecule has 1 atom stereocenters. The standard InChI is InChI=1S/C11H16N3O8P/c1-5-9(16)8(10(12)14-7(3-15)11(17)18)6(2-13-5)4-22-23(19,20)21/h2,7,15-16H,3-4H2,1H3,(H2,12,14)(H,17,18)(H2,19,20,21)/t7-/m1/s1. The predicted octanol–water partition coefficient (Wildman–Crippen LogP) is -1.14. The van der Waals surface area contributed by atoms with Crippen molar-refractivity contribution in [1.29, 1.82) is 0 Å². The van der Waals surface area contributed by atoms with Crippen LogP contribution in [0.3, 0.4) is 0 Å². The number of aryl methyl sites for hydroxylation is 1. The number of pyridine rings is 1. The Morgan fingerprint density at radius 2 is 2.13 bits per heavy atom. The van der Waals surface area contributed by atoms with Crippen LogP contribution in [0, 0.1) is 6.92 Å². The number of carboxylic acids is 1. The lowest BCUT2D eigenvalue weighted by Gasteiger charge is -2.14. The maximum absolute atomic E-state index is 10.9. The number of carboxylic acid groups (broad SMARTS) is 1. The van der Waals surface area contributed by atoms with Crippen LogP contribution in [0.4, 0.5) is 0 Å². The number of amidine groups is 1. The lowest BCUT2D eigenvalue weighted by molar-refractivity contribution is -0.139. The van der Waals surface area contributed by atoms with E-state index in [1.807, 2.05) is 0 Å². The molecule has 1 aromatic heterocycles. The number of aromatic hydroxyl groups is 1. The first-order chi connectivity index (χ1) is 10.6. The van der Waals surface area contributed by atoms with Crippen LogP contribution in [-0.2, 0) is 20.5 Å². The Hall–Kier alpha value is -2.04. The van der Waals surface area contributed by atoms with Crippen molar-refractivity contribution in [2.24, 2.45) is 10.7 Å². The van der Waals surface area contributed by atoms with Crippen LogP contribution in [0.2, 0.25) is 0 Å². The third-order valence-electron chi connectivity index (χ3n) is 2.71. The van der Waals surface area contributed by atoms with Crippen LogP contribution >= 0.6 is 7.82 Å². The minimum atomic E-state index is -4.78. The number of hydrogen-bond donors (Lipinski definition) is 6. The van der Waals surface area contributed by atoms with Gasteiger partial charge in [-0.25, -0.2) is 9.36 Å². The summed E-state index contributed by atoms with van der Waals surface area (Å²) in [6.07, 6.45) is 1.15. The summed E-state index contributed by atoms with van der Waals surface area (Å²) < 4.78 is 15.1. The molecule has 1 rings (SSSR count). The van der Waals surface area contributed by atoms with Gasteiger partial charge in [0.05, 0.1) is 24.5 Å². The molecule has 0 unspecified atom stereocenters. The van der Waals surface area contributed by atoms with Crippen molar-refractivity contribution in [3.05, 3.63) is 23.0 Å². The molecule has 0 fully saturated rings. The van der Waals surface area contributed by atoms with Gasteiger partial charge in [0, 0.05) is 11.8 Å². The fraction of sp³-hybridized carbons (Fsp3) is 0.364. The monoisotopic (exact) mass is 349 g/mol. The number of aliphatic hydroxyl groups is 1. The summed E-state index contributed by atoms with van der Waals surface area (Å²) in [4.78, 5) is 35.7. The third kappa shape index (κ3) is 5.27. The highest BCUT2D eigenvalue weighted by Crippen LogP contribution is 2.38. The molecular formula is C11H16N3O8P. The zero-order valence-electron chi connectivity index (χ0n) is 11.9. The molecular weight excluding hydrogens is 333 g/mol. The molecule has 0 aromatic carbocycles. The average Bonchev–Trinajstić information content (AvgIpc) is 2.44. The van der Waals surface area contributed by atoms with Crippen molar-refractivity contribution in [2.75, 3.05) is 6.61 Å². The molecule has 12 heteroatoms. The van der Waals surface area contributed by atoms with Gasteiger partial charge in [-0.1, -0.05) is 0 Å². The molecule has 1 aromatic rings. The Balaban J connectivity index is 3.31. The van der Waals surface area contributed by atoms with Gasteiger partial charge in [0.25, 0.3) is 0 Å². The Morgan fingerprint density at radius 3 is 2.61 bits per heavy atom. The molecule has 7 N–H and O–H groups in total. The van der Waals surface area contributed by atoms with Crippen LogP contribution in [0.15, 0.2) is 11.2 Å². The molecule has 0 aliphatic heterocycles. The normalized spacial score (nSPS) is 13.8. The van der Waals surface area contributed by atoms with Gasteiger partial charge in [-0.3, -0.25) is 14.5 Å². The molecule has 1 heterocycles. The molecule has 0 radical (unpaired) electrons. The fourth-order valence-corrected chi connectivity index (χ4v) is 1.90. The second kappa shape index (κ2) is 7.49. The molecule has 0 aliphatic carbocycles. The fourth-order valence-electron chi connectivity index (χ4n) is 1.59. The van der Waals surface area contributed by atoms with Crippen molar-refractivity contribution in [3.8, 4) is 5.75 Å². The first-order valence-electron chi connectivity index (χ1n) is 6.11. The number of phosphoric acid groups is 1. The number of nitrogens with zero attached hydrogens (tertiary/aromatic N) is 2. The van der Waals surface area contributed by atoms with Crippen LogP contribution in [0.1, 0.15) is 16.8 Å². The molecule has 0 amide bonds. The number of aliphatic carboxylic acids is 1. The Morgan fingerprint density at radius 1 is 1.52 bits per heavy atom. The minimum absolute atomic E-state index is 0.0141. The number of hydrogen-bond acceptors (Lipinski definition) is 7. The number of nitrogens with two attached hydrogens (primary N) is 1. The molecule has 0 spiro atoms. The quantitative estimate of drug-likeness (QED) is 0.199. The largest absolute Gasteiger partial charge is 0.505 e. The Labute approximate surface area is 130 Å². The number of aliphatic hydroxyl groups excluding tert-OH is 1. The van der Waals surface area contributed by atoms with Crippen LogP contribution in [-0.4, -0.2) is 54.5 Å². The van der Waals surface area contributed by atoms with E-state index in [9.17, 15) is 14.5 Å². The van der Waals surface area contributed by atoms with E-state index in [-0.39, 0.29) is 16.8 Å². The summed E-state index contributed by atoms with van der Waals surface area (Å²) in [6, 6.07) is -1.56. The van der Waals surface area contributed by atoms with Crippen LogP contribution in [0.5, 0.6) is 5.75 Å². The van der Waals surface area contributed by atoms with Gasteiger partial charge in [-0.05, 0) is 6.92 Å². The molecule has 0 bridgehead atoms. The van der Waals surface area contributed by atoms with Crippen molar-refractivity contribution >= 4 is 19.6 Å². The second-order valence-electron chi connectivity index (χ2n) is 4.41. The van der Waals surface area contributed by atoms with E-state index in [0.717, 1.165) is 6.20 Å². The second-order valence-corrected chi connectivity index (χ2v) is 5.65. The Kier molecular flexibility index (Phi) is 6.19. The van der Waals surface area contributed by atoms with E-state index >= 15 is 0 Å². The van der Waals surface area contributed by atoms with E-state index < -0.39 is 44.6 Å². The number of phosphoric ester groups is 1. The molecule has 0 saturated carbocycles. The number of carbonyl (C=O) groups is 1. The van der Waals surface area contributed by atoms with Gasteiger partial charge in [0.15, 0.2) is 6.04 Å². The average molecular weight is 349 g/mol. The molecule has 128 valence electrons. The SMILES string of the molecule is Cc1ncc(COP(=O)(O)O)c(C(N)=N[C@H](CO)C(=O)O)c1O. The summed E-state index contributed by atoms with van der Waals surface area (Å²) in [7, 11) is -4.78. The number of aliphatic imine (C=N–C) groups is 1. The maximum atomic E-state index is 10.9. The van der Waals surface area contributed by atoms with E-state index in [4.69, 9.17) is 25.7 Å². The van der Waals surface area contributed by atoms with Crippen molar-refractivity contribution in [1.82, 2.24) is 4.98 Å². The van der Waals surface area contributed by atoms with E-state index in [1.165, 1.54) is 6.92 Å². The molecule has 11 nitrogen and oxygen atoms in total. The lowest BCUT2D eigenvalue weighted by atomic mass is 10.1. The van der Waals surface area contributed by atoms with Gasteiger partial charge >= 0.3 is 13.8 Å². The highest BCUT2D eigenvalue weighted by atomic mass is 31.2. The molecule has 0 saturated heterocycles. The van der Waals surface area contributed by atoms with Crippen molar-refractivity contribution < 1.29 is 39.0 Å². The minimum Gasteiger partial charge on any atom is -0.505 e. The summed E-state index contributed by atoms with van der Waals surface area (Å²) in [5.41, 5.74) is 5.60. The topological polar surface area (TPSA) is 196 Å². The smallest absolute Gasteiger partial charge is 0.469 e. The zero-order chi connectivity index (χ0) is 17.8.